The Balaban J connectivity index is 1.60. The molecule has 2 aliphatic rings. The van der Waals surface area contributed by atoms with Gasteiger partial charge >= 0.3 is 0 Å². The lowest BCUT2D eigenvalue weighted by atomic mass is 9.97. The molecule has 2 aliphatic heterocycles. The molecule has 2 heterocycles. The van der Waals surface area contributed by atoms with Crippen molar-refractivity contribution in [3.63, 3.8) is 0 Å². The van der Waals surface area contributed by atoms with Crippen molar-refractivity contribution in [2.24, 2.45) is 0 Å². The number of carbonyl (C=O) groups excluding carboxylic acids is 3. The van der Waals surface area contributed by atoms with E-state index in [1.54, 1.807) is 31.2 Å². The minimum absolute atomic E-state index is 0.210. The number of imide groups is 1. The molecule has 0 saturated carbocycles. The molecule has 0 aliphatic carbocycles. The number of carbonyl (C=O) groups is 3. The Morgan fingerprint density at radius 2 is 1.40 bits per heavy atom. The van der Waals surface area contributed by atoms with Crippen LogP contribution in [0.2, 0.25) is 0 Å². The van der Waals surface area contributed by atoms with Crippen molar-refractivity contribution in [2.75, 3.05) is 0 Å². The quantitative estimate of drug-likeness (QED) is 0.491. The summed E-state index contributed by atoms with van der Waals surface area (Å²) in [5.41, 5.74) is 1.21. The van der Waals surface area contributed by atoms with Gasteiger partial charge in [-0.3, -0.25) is 19.3 Å². The number of benzene rings is 2. The van der Waals surface area contributed by atoms with Gasteiger partial charge in [-0.25, -0.2) is 4.39 Å². The Morgan fingerprint density at radius 1 is 0.880 bits per heavy atom. The van der Waals surface area contributed by atoms with E-state index in [0.717, 1.165) is 15.4 Å². The minimum Gasteiger partial charge on any atom is -0.301 e. The smallest absolute Gasteiger partial charge is 0.262 e. The topological polar surface area (TPSA) is 57.7 Å². The number of β-lactam (4-membered cyclic amide) rings is 1. The van der Waals surface area contributed by atoms with Crippen molar-refractivity contribution in [3.8, 4) is 0 Å². The van der Waals surface area contributed by atoms with Crippen molar-refractivity contribution in [2.45, 2.75) is 25.3 Å². The predicted octanol–water partition coefficient (Wildman–Crippen LogP) is 2.55. The second-order valence-electron chi connectivity index (χ2n) is 6.18. The number of amides is 3. The van der Waals surface area contributed by atoms with E-state index in [1.165, 1.54) is 12.1 Å². The van der Waals surface area contributed by atoms with Crippen molar-refractivity contribution in [1.82, 2.24) is 9.80 Å². The summed E-state index contributed by atoms with van der Waals surface area (Å²) in [6, 6.07) is 13.5. The van der Waals surface area contributed by atoms with E-state index < -0.39 is 36.1 Å². The Hall–Kier alpha value is -3.02. The van der Waals surface area contributed by atoms with E-state index >= 15 is 0 Å². The highest BCUT2D eigenvalue weighted by molar-refractivity contribution is 6.23. The Kier molecular flexibility index (Phi) is 3.42. The van der Waals surface area contributed by atoms with Gasteiger partial charge in [0.2, 0.25) is 6.30 Å². The first kappa shape index (κ1) is 15.5. The first-order valence-electron chi connectivity index (χ1n) is 8.00. The summed E-state index contributed by atoms with van der Waals surface area (Å²) in [6.07, 6.45) is -1.72. The number of halogens is 1. The highest BCUT2D eigenvalue weighted by Crippen LogP contribution is 2.38. The van der Waals surface area contributed by atoms with E-state index in [-0.39, 0.29) is 11.1 Å². The standard InChI is InChI=1S/C19H15FN2O3/c1-11(12-7-3-2-4-8-12)21-16(20)15(19(21)25)22-17(23)13-9-5-6-10-14(13)18(22)24/h2-11,15-16H,1H3. The predicted molar refractivity (Wildman–Crippen MR) is 87.3 cm³/mol. The van der Waals surface area contributed by atoms with E-state index in [0.29, 0.717) is 0 Å². The zero-order valence-corrected chi connectivity index (χ0v) is 13.4. The fraction of sp³-hybridized carbons (Fsp3) is 0.211. The molecular formula is C19H15FN2O3. The molecule has 2 aromatic carbocycles. The van der Waals surface area contributed by atoms with E-state index in [1.807, 2.05) is 18.2 Å². The molecule has 1 fully saturated rings. The van der Waals surface area contributed by atoms with Crippen molar-refractivity contribution in [3.05, 3.63) is 71.3 Å². The Labute approximate surface area is 143 Å². The fourth-order valence-corrected chi connectivity index (χ4v) is 3.45. The summed E-state index contributed by atoms with van der Waals surface area (Å²) in [6.45, 7) is 1.72. The second kappa shape index (κ2) is 5.51. The van der Waals surface area contributed by atoms with Gasteiger partial charge in [0, 0.05) is 0 Å². The van der Waals surface area contributed by atoms with Crippen LogP contribution in [0.1, 0.15) is 39.2 Å². The zero-order valence-electron chi connectivity index (χ0n) is 13.4. The maximum absolute atomic E-state index is 14.8. The van der Waals surface area contributed by atoms with E-state index in [4.69, 9.17) is 0 Å². The molecule has 3 atom stereocenters. The third-order valence-electron chi connectivity index (χ3n) is 4.84. The number of alkyl halides is 1. The van der Waals surface area contributed by atoms with Crippen LogP contribution in [0.4, 0.5) is 4.39 Å². The molecule has 5 nitrogen and oxygen atoms in total. The maximum Gasteiger partial charge on any atom is 0.262 e. The number of hydrogen-bond acceptors (Lipinski definition) is 3. The molecule has 6 heteroatoms. The van der Waals surface area contributed by atoms with Crippen LogP contribution in [0.5, 0.6) is 0 Å². The lowest BCUT2D eigenvalue weighted by molar-refractivity contribution is -0.173. The lowest BCUT2D eigenvalue weighted by Gasteiger charge is -2.48. The first-order valence-corrected chi connectivity index (χ1v) is 8.00. The van der Waals surface area contributed by atoms with Crippen LogP contribution >= 0.6 is 0 Å². The summed E-state index contributed by atoms with van der Waals surface area (Å²) in [4.78, 5) is 39.3. The minimum atomic E-state index is -1.72. The van der Waals surface area contributed by atoms with Crippen molar-refractivity contribution >= 4 is 17.7 Å². The van der Waals surface area contributed by atoms with Crippen LogP contribution in [-0.2, 0) is 4.79 Å². The molecule has 126 valence electrons. The Bertz CT molecular complexity index is 848. The molecule has 0 aromatic heterocycles. The molecule has 0 spiro atoms. The highest BCUT2D eigenvalue weighted by atomic mass is 19.1. The molecule has 3 unspecified atom stereocenters. The van der Waals surface area contributed by atoms with Crippen LogP contribution in [0.3, 0.4) is 0 Å². The molecule has 0 radical (unpaired) electrons. The number of rotatable bonds is 3. The van der Waals surface area contributed by atoms with E-state index in [2.05, 4.69) is 0 Å². The number of hydrogen-bond donors (Lipinski definition) is 0. The summed E-state index contributed by atoms with van der Waals surface area (Å²) in [5, 5.41) is 0. The van der Waals surface area contributed by atoms with Gasteiger partial charge in [0.05, 0.1) is 17.2 Å². The van der Waals surface area contributed by atoms with Crippen molar-refractivity contribution < 1.29 is 18.8 Å². The SMILES string of the molecule is CC(c1ccccc1)N1C(=O)C(N2C(=O)c3ccccc3C2=O)C1F. The van der Waals surface area contributed by atoms with Gasteiger partial charge < -0.3 is 4.90 Å². The second-order valence-corrected chi connectivity index (χ2v) is 6.18. The van der Waals surface area contributed by atoms with Crippen LogP contribution in [0.15, 0.2) is 54.6 Å². The van der Waals surface area contributed by atoms with Gasteiger partial charge in [0.25, 0.3) is 17.7 Å². The number of fused-ring (bicyclic) bond motifs is 1. The first-order chi connectivity index (χ1) is 12.0. The molecule has 0 bridgehead atoms. The van der Waals surface area contributed by atoms with Crippen LogP contribution in [-0.4, -0.2) is 39.9 Å². The van der Waals surface area contributed by atoms with Gasteiger partial charge in [-0.2, -0.15) is 0 Å². The highest BCUT2D eigenvalue weighted by Gasteiger charge is 2.58. The van der Waals surface area contributed by atoms with E-state index in [9.17, 15) is 18.8 Å². The van der Waals surface area contributed by atoms with Gasteiger partial charge in [-0.1, -0.05) is 42.5 Å². The third-order valence-corrected chi connectivity index (χ3v) is 4.84. The van der Waals surface area contributed by atoms with Crippen LogP contribution in [0.25, 0.3) is 0 Å². The summed E-state index contributed by atoms with van der Waals surface area (Å²) in [7, 11) is 0. The third kappa shape index (κ3) is 2.10. The monoisotopic (exact) mass is 338 g/mol. The average Bonchev–Trinajstić information content (AvgIpc) is 2.88. The summed E-state index contributed by atoms with van der Waals surface area (Å²) >= 11 is 0. The number of nitrogens with zero attached hydrogens (tertiary/aromatic N) is 2. The molecule has 0 N–H and O–H groups in total. The molecule has 2 aromatic rings. The van der Waals surface area contributed by atoms with Crippen LogP contribution in [0, 0.1) is 0 Å². The largest absolute Gasteiger partial charge is 0.301 e. The molecular weight excluding hydrogens is 323 g/mol. The average molecular weight is 338 g/mol. The number of likely N-dealkylation sites (tertiary alicyclic amines) is 1. The van der Waals surface area contributed by atoms with Crippen molar-refractivity contribution in [1.29, 1.82) is 0 Å². The van der Waals surface area contributed by atoms with Gasteiger partial charge in [-0.15, -0.1) is 0 Å². The molecule has 1 saturated heterocycles. The molecule has 3 amide bonds. The zero-order chi connectivity index (χ0) is 17.7. The molecule has 4 rings (SSSR count). The van der Waals surface area contributed by atoms with Crippen LogP contribution < -0.4 is 0 Å². The van der Waals surface area contributed by atoms with Gasteiger partial charge in [0.15, 0.2) is 6.04 Å². The summed E-state index contributed by atoms with van der Waals surface area (Å²) in [5.74, 6) is -1.79. The van der Waals surface area contributed by atoms with Gasteiger partial charge in [-0.05, 0) is 24.6 Å². The lowest BCUT2D eigenvalue weighted by Crippen LogP contribution is -2.70. The normalized spacial score (nSPS) is 23.5. The molecule has 25 heavy (non-hydrogen) atoms. The van der Waals surface area contributed by atoms with Gasteiger partial charge in [0.1, 0.15) is 0 Å². The summed E-state index contributed by atoms with van der Waals surface area (Å²) < 4.78 is 14.8. The Morgan fingerprint density at radius 3 is 1.92 bits per heavy atom. The maximum atomic E-state index is 14.8. The fourth-order valence-electron chi connectivity index (χ4n) is 3.45.